The molecule has 1 saturated carbocycles. The van der Waals surface area contributed by atoms with E-state index in [-0.39, 0.29) is 30.2 Å². The molecule has 0 radical (unpaired) electrons. The van der Waals surface area contributed by atoms with Gasteiger partial charge < -0.3 is 24.3 Å². The zero-order valence-electron chi connectivity index (χ0n) is 19.6. The van der Waals surface area contributed by atoms with Crippen molar-refractivity contribution in [2.45, 2.75) is 39.0 Å². The highest BCUT2D eigenvalue weighted by atomic mass is 19.3. The molecule has 1 N–H and O–H groups in total. The average Bonchev–Trinajstić information content (AvgIpc) is 3.40. The number of anilines is 1. The lowest BCUT2D eigenvalue weighted by atomic mass is 10.0. The summed E-state index contributed by atoms with van der Waals surface area (Å²) in [6, 6.07) is 13.2. The number of aromatic nitrogens is 3. The number of benzene rings is 1. The zero-order chi connectivity index (χ0) is 24.6. The lowest BCUT2D eigenvalue weighted by molar-refractivity contribution is -0.0577. The number of likely N-dealkylation sites (tertiary alicyclic amines) is 1. The van der Waals surface area contributed by atoms with Crippen LogP contribution >= 0.6 is 0 Å². The third-order valence-electron chi connectivity index (χ3n) is 6.72. The second-order valence-electron chi connectivity index (χ2n) is 9.21. The van der Waals surface area contributed by atoms with Crippen molar-refractivity contribution in [3.8, 4) is 17.3 Å². The SMILES string of the molecule is Cc1nc(N[C@@H]2CN(C(=O)OCc3ccccc3)CC23CC3)ccc1-c1cn(C)c(OC(F)F)n1. The number of hydrogen-bond acceptors (Lipinski definition) is 6. The van der Waals surface area contributed by atoms with Gasteiger partial charge in [-0.1, -0.05) is 30.3 Å². The molecule has 0 bridgehead atoms. The Balaban J connectivity index is 1.24. The fraction of sp³-hybridized carbons (Fsp3) is 0.400. The Morgan fingerprint density at radius 2 is 1.97 bits per heavy atom. The van der Waals surface area contributed by atoms with Gasteiger partial charge in [-0.25, -0.2) is 9.78 Å². The first kappa shape index (κ1) is 23.1. The van der Waals surface area contributed by atoms with Crippen molar-refractivity contribution >= 4 is 11.9 Å². The summed E-state index contributed by atoms with van der Waals surface area (Å²) in [4.78, 5) is 23.3. The van der Waals surface area contributed by atoms with Gasteiger partial charge in [0.15, 0.2) is 0 Å². The Morgan fingerprint density at radius 3 is 2.66 bits per heavy atom. The molecule has 1 saturated heterocycles. The summed E-state index contributed by atoms with van der Waals surface area (Å²) >= 11 is 0. The first-order chi connectivity index (χ1) is 16.8. The van der Waals surface area contributed by atoms with E-state index in [9.17, 15) is 13.6 Å². The predicted molar refractivity (Wildman–Crippen MR) is 125 cm³/mol. The number of carbonyl (C=O) groups excluding carboxylic acids is 1. The van der Waals surface area contributed by atoms with E-state index in [1.807, 2.05) is 49.4 Å². The predicted octanol–water partition coefficient (Wildman–Crippen LogP) is 4.61. The first-order valence-corrected chi connectivity index (χ1v) is 11.5. The summed E-state index contributed by atoms with van der Waals surface area (Å²) < 4.78 is 36.5. The number of rotatable bonds is 7. The molecule has 2 fully saturated rings. The minimum atomic E-state index is -2.94. The van der Waals surface area contributed by atoms with E-state index < -0.39 is 6.61 Å². The number of alkyl halides is 2. The molecule has 1 spiro atoms. The number of halogens is 2. The third kappa shape index (κ3) is 4.91. The summed E-state index contributed by atoms with van der Waals surface area (Å²) in [6.45, 7) is 0.366. The lowest BCUT2D eigenvalue weighted by Crippen LogP contribution is -2.32. The van der Waals surface area contributed by atoms with Crippen molar-refractivity contribution in [3.05, 3.63) is 59.9 Å². The van der Waals surface area contributed by atoms with Crippen LogP contribution in [0.5, 0.6) is 6.01 Å². The lowest BCUT2D eigenvalue weighted by Gasteiger charge is -2.19. The summed E-state index contributed by atoms with van der Waals surface area (Å²) in [6.07, 6.45) is 3.42. The maximum absolute atomic E-state index is 12.7. The van der Waals surface area contributed by atoms with Gasteiger partial charge in [-0.2, -0.15) is 13.8 Å². The van der Waals surface area contributed by atoms with Crippen molar-refractivity contribution in [1.29, 1.82) is 0 Å². The van der Waals surface area contributed by atoms with Gasteiger partial charge in [0, 0.05) is 43.0 Å². The molecule has 2 aromatic heterocycles. The summed E-state index contributed by atoms with van der Waals surface area (Å²) in [5.74, 6) is 0.696. The van der Waals surface area contributed by atoms with Crippen LogP contribution in [0, 0.1) is 12.3 Å². The maximum Gasteiger partial charge on any atom is 0.410 e. The smallest absolute Gasteiger partial charge is 0.410 e. The molecule has 0 unspecified atom stereocenters. The summed E-state index contributed by atoms with van der Waals surface area (Å²) in [5.41, 5.74) is 2.94. The average molecular weight is 484 g/mol. The van der Waals surface area contributed by atoms with Crippen LogP contribution in [0.3, 0.4) is 0 Å². The van der Waals surface area contributed by atoms with Gasteiger partial charge in [-0.15, -0.1) is 0 Å². The number of amides is 1. The number of nitrogens with zero attached hydrogens (tertiary/aromatic N) is 4. The minimum absolute atomic E-state index is 0.0442. The fourth-order valence-corrected chi connectivity index (χ4v) is 4.64. The number of carbonyl (C=O) groups is 1. The van der Waals surface area contributed by atoms with E-state index >= 15 is 0 Å². The molecule has 10 heteroatoms. The van der Waals surface area contributed by atoms with E-state index in [2.05, 4.69) is 20.0 Å². The topological polar surface area (TPSA) is 81.5 Å². The van der Waals surface area contributed by atoms with E-state index in [1.165, 1.54) is 4.57 Å². The summed E-state index contributed by atoms with van der Waals surface area (Å²) in [5, 5.41) is 3.50. The van der Waals surface area contributed by atoms with Gasteiger partial charge in [-0.3, -0.25) is 0 Å². The Bertz CT molecular complexity index is 1210. The van der Waals surface area contributed by atoms with Crippen molar-refractivity contribution in [3.63, 3.8) is 0 Å². The van der Waals surface area contributed by atoms with Gasteiger partial charge in [-0.05, 0) is 37.5 Å². The van der Waals surface area contributed by atoms with Gasteiger partial charge in [0.05, 0.1) is 11.7 Å². The molecule has 1 aliphatic carbocycles. The highest BCUT2D eigenvalue weighted by Gasteiger charge is 2.56. The number of pyridine rings is 1. The second kappa shape index (κ2) is 9.16. The first-order valence-electron chi connectivity index (χ1n) is 11.5. The molecule has 1 aliphatic heterocycles. The molecule has 3 heterocycles. The normalized spacial score (nSPS) is 18.2. The third-order valence-corrected chi connectivity index (χ3v) is 6.72. The van der Waals surface area contributed by atoms with E-state index in [0.29, 0.717) is 30.3 Å². The minimum Gasteiger partial charge on any atom is -0.445 e. The Labute approximate surface area is 201 Å². The molecule has 35 heavy (non-hydrogen) atoms. The number of ether oxygens (including phenoxy) is 2. The van der Waals surface area contributed by atoms with Crippen LogP contribution in [0.1, 0.15) is 24.1 Å². The molecule has 2 aliphatic rings. The molecule has 1 atom stereocenters. The number of imidazole rings is 1. The van der Waals surface area contributed by atoms with Crippen molar-refractivity contribution in [2.75, 3.05) is 18.4 Å². The van der Waals surface area contributed by atoms with E-state index in [0.717, 1.165) is 24.0 Å². The maximum atomic E-state index is 12.7. The molecular formula is C25H27F2N5O3. The molecule has 1 aromatic carbocycles. The van der Waals surface area contributed by atoms with E-state index in [4.69, 9.17) is 4.74 Å². The van der Waals surface area contributed by atoms with Crippen molar-refractivity contribution < 1.29 is 23.0 Å². The molecule has 3 aromatic rings. The fourth-order valence-electron chi connectivity index (χ4n) is 4.64. The van der Waals surface area contributed by atoms with Crippen LogP contribution in [0.25, 0.3) is 11.3 Å². The molecule has 5 rings (SSSR count). The molecular weight excluding hydrogens is 456 g/mol. The zero-order valence-corrected chi connectivity index (χ0v) is 19.6. The summed E-state index contributed by atoms with van der Waals surface area (Å²) in [7, 11) is 1.60. The monoisotopic (exact) mass is 483 g/mol. The Hall–Kier alpha value is -3.69. The number of aryl methyl sites for hydroxylation is 2. The van der Waals surface area contributed by atoms with Crippen LogP contribution in [0.15, 0.2) is 48.7 Å². The standard InChI is InChI=1S/C25H27F2N5O3/c1-16-18(19-12-31(2)23(29-19)35-22(26)27)8-9-21(28-16)30-20-13-32(15-25(20)10-11-25)24(33)34-14-17-6-4-3-5-7-17/h3-9,12,20,22H,10-11,13-15H2,1-2H3,(H,28,30)/t20-/m1/s1. The van der Waals surface area contributed by atoms with Gasteiger partial charge >= 0.3 is 18.7 Å². The quantitative estimate of drug-likeness (QED) is 0.529. The second-order valence-corrected chi connectivity index (χ2v) is 9.21. The van der Waals surface area contributed by atoms with Crippen LogP contribution in [-0.2, 0) is 18.4 Å². The Kier molecular flexibility index (Phi) is 6.04. The van der Waals surface area contributed by atoms with Crippen LogP contribution in [0.2, 0.25) is 0 Å². The van der Waals surface area contributed by atoms with Crippen LogP contribution in [0.4, 0.5) is 19.4 Å². The largest absolute Gasteiger partial charge is 0.445 e. The van der Waals surface area contributed by atoms with Crippen LogP contribution < -0.4 is 10.1 Å². The van der Waals surface area contributed by atoms with E-state index in [1.54, 1.807) is 18.1 Å². The highest BCUT2D eigenvalue weighted by Crippen LogP contribution is 2.53. The highest BCUT2D eigenvalue weighted by molar-refractivity contribution is 5.69. The van der Waals surface area contributed by atoms with Gasteiger partial charge in [0.1, 0.15) is 12.4 Å². The molecule has 184 valence electrons. The Morgan fingerprint density at radius 1 is 1.20 bits per heavy atom. The molecule has 8 nitrogen and oxygen atoms in total. The van der Waals surface area contributed by atoms with Crippen molar-refractivity contribution in [2.24, 2.45) is 12.5 Å². The van der Waals surface area contributed by atoms with Crippen LogP contribution in [-0.4, -0.2) is 51.3 Å². The van der Waals surface area contributed by atoms with Crippen molar-refractivity contribution in [1.82, 2.24) is 19.4 Å². The number of hydrogen-bond donors (Lipinski definition) is 1. The number of nitrogens with one attached hydrogen (secondary N) is 1. The van der Waals surface area contributed by atoms with Gasteiger partial charge in [0.25, 0.3) is 0 Å². The van der Waals surface area contributed by atoms with Gasteiger partial charge in [0.2, 0.25) is 0 Å². The molecule has 1 amide bonds.